The minimum atomic E-state index is -0.475. The molecule has 116 valence electrons. The number of Topliss-reactive ketones (excluding diaryl/α,β-unsaturated/α-hetero) is 1. The minimum absolute atomic E-state index is 0.0313. The molecule has 2 heterocycles. The maximum absolute atomic E-state index is 10.9. The van der Waals surface area contributed by atoms with E-state index in [4.69, 9.17) is 17.2 Å². The van der Waals surface area contributed by atoms with Crippen LogP contribution < -0.4 is 17.2 Å². The molecule has 0 saturated heterocycles. The topological polar surface area (TPSA) is 147 Å². The summed E-state index contributed by atoms with van der Waals surface area (Å²) in [4.78, 5) is 29.3. The Morgan fingerprint density at radius 1 is 1.00 bits per heavy atom. The largest absolute Gasteiger partial charge is 0.464 e. The number of carbonyl (C=O) groups excluding carboxylic acids is 2. The maximum atomic E-state index is 10.9. The van der Waals surface area contributed by atoms with Crippen molar-refractivity contribution >= 4 is 23.4 Å². The van der Waals surface area contributed by atoms with Crippen molar-refractivity contribution in [2.75, 3.05) is 25.1 Å². The standard InChI is InChI=1S/C7H9N3O.C7H8N2O2/c8-4-6(11)5-2-1-3-7(9)10-5;1-11-7(10)5-3-2-4-6(8)9-5/h1-3H,4,8H2,(H2,9,10);2-4H,1H3,(H2,8,9). The second kappa shape index (κ2) is 8.32. The number of esters is 1. The van der Waals surface area contributed by atoms with Crippen LogP contribution in [0.1, 0.15) is 21.0 Å². The number of rotatable bonds is 3. The molecule has 0 saturated carbocycles. The number of nitrogens with two attached hydrogens (primary N) is 3. The van der Waals surface area contributed by atoms with E-state index in [0.29, 0.717) is 17.3 Å². The number of ether oxygens (including phenoxy) is 1. The summed E-state index contributed by atoms with van der Waals surface area (Å²) in [5.74, 6) is -0.0215. The van der Waals surface area contributed by atoms with Crippen LogP contribution in [0.5, 0.6) is 0 Å². The van der Waals surface area contributed by atoms with Crippen LogP contribution in [0.2, 0.25) is 0 Å². The van der Waals surface area contributed by atoms with E-state index >= 15 is 0 Å². The van der Waals surface area contributed by atoms with E-state index in [2.05, 4.69) is 14.7 Å². The third-order valence-corrected chi connectivity index (χ3v) is 2.41. The second-order valence-electron chi connectivity index (χ2n) is 4.01. The van der Waals surface area contributed by atoms with Gasteiger partial charge >= 0.3 is 5.97 Å². The van der Waals surface area contributed by atoms with Crippen LogP contribution >= 0.6 is 0 Å². The highest BCUT2D eigenvalue weighted by Crippen LogP contribution is 2.01. The quantitative estimate of drug-likeness (QED) is 0.540. The lowest BCUT2D eigenvalue weighted by molar-refractivity contribution is 0.0594. The van der Waals surface area contributed by atoms with Crippen LogP contribution in [0.4, 0.5) is 11.6 Å². The highest BCUT2D eigenvalue weighted by Gasteiger charge is 2.05. The van der Waals surface area contributed by atoms with E-state index < -0.39 is 5.97 Å². The Balaban J connectivity index is 0.000000220. The highest BCUT2D eigenvalue weighted by atomic mass is 16.5. The maximum Gasteiger partial charge on any atom is 0.356 e. The summed E-state index contributed by atoms with van der Waals surface area (Å²) in [5, 5.41) is 0. The van der Waals surface area contributed by atoms with Crippen molar-refractivity contribution in [1.82, 2.24) is 9.97 Å². The summed E-state index contributed by atoms with van der Waals surface area (Å²) in [5.41, 5.74) is 16.4. The Kier molecular flexibility index (Phi) is 6.45. The zero-order chi connectivity index (χ0) is 16.5. The monoisotopic (exact) mass is 303 g/mol. The average Bonchev–Trinajstić information content (AvgIpc) is 2.54. The van der Waals surface area contributed by atoms with Crippen molar-refractivity contribution in [3.63, 3.8) is 0 Å². The Morgan fingerprint density at radius 2 is 1.50 bits per heavy atom. The van der Waals surface area contributed by atoms with Gasteiger partial charge in [-0.05, 0) is 24.3 Å². The summed E-state index contributed by atoms with van der Waals surface area (Å²) < 4.78 is 4.43. The number of hydrogen-bond acceptors (Lipinski definition) is 8. The van der Waals surface area contributed by atoms with Gasteiger partial charge in [0.15, 0.2) is 11.5 Å². The zero-order valence-electron chi connectivity index (χ0n) is 12.0. The molecule has 2 rings (SSSR count). The van der Waals surface area contributed by atoms with Gasteiger partial charge in [0.05, 0.1) is 13.7 Å². The fraction of sp³-hybridized carbons (Fsp3) is 0.143. The third kappa shape index (κ3) is 5.17. The van der Waals surface area contributed by atoms with Crippen LogP contribution in [0.25, 0.3) is 0 Å². The second-order valence-corrected chi connectivity index (χ2v) is 4.01. The Hall–Kier alpha value is -3.00. The molecule has 0 aromatic carbocycles. The summed E-state index contributed by atoms with van der Waals surface area (Å²) >= 11 is 0. The van der Waals surface area contributed by atoms with Crippen LogP contribution in [-0.4, -0.2) is 35.4 Å². The third-order valence-electron chi connectivity index (χ3n) is 2.41. The molecule has 6 N–H and O–H groups in total. The van der Waals surface area contributed by atoms with Crippen LogP contribution in [0.3, 0.4) is 0 Å². The molecule has 0 bridgehead atoms. The van der Waals surface area contributed by atoms with E-state index in [1.165, 1.54) is 7.11 Å². The molecule has 0 aliphatic heterocycles. The van der Waals surface area contributed by atoms with Gasteiger partial charge in [-0.1, -0.05) is 12.1 Å². The number of ketones is 1. The molecule has 8 heteroatoms. The molecular weight excluding hydrogens is 286 g/mol. The molecule has 0 radical (unpaired) electrons. The van der Waals surface area contributed by atoms with Crippen molar-refractivity contribution < 1.29 is 14.3 Å². The molecule has 0 aliphatic carbocycles. The molecule has 0 fully saturated rings. The summed E-state index contributed by atoms with van der Waals surface area (Å²) in [6.07, 6.45) is 0. The van der Waals surface area contributed by atoms with E-state index in [0.717, 1.165) is 0 Å². The molecular formula is C14H17N5O3. The Labute approximate surface area is 127 Å². The average molecular weight is 303 g/mol. The normalized spacial score (nSPS) is 9.36. The number of aromatic nitrogens is 2. The van der Waals surface area contributed by atoms with Gasteiger partial charge < -0.3 is 21.9 Å². The predicted molar refractivity (Wildman–Crippen MR) is 82.0 cm³/mol. The first-order valence-electron chi connectivity index (χ1n) is 6.24. The van der Waals surface area contributed by atoms with Gasteiger partial charge in [-0.3, -0.25) is 4.79 Å². The zero-order valence-corrected chi connectivity index (χ0v) is 12.0. The molecule has 2 aromatic heterocycles. The van der Waals surface area contributed by atoms with Gasteiger partial charge in [-0.25, -0.2) is 14.8 Å². The predicted octanol–water partition coefficient (Wildman–Crippen LogP) is 0.256. The molecule has 0 aliphatic rings. The van der Waals surface area contributed by atoms with Crippen molar-refractivity contribution in [2.45, 2.75) is 0 Å². The van der Waals surface area contributed by atoms with Crippen molar-refractivity contribution in [2.24, 2.45) is 5.73 Å². The number of hydrogen-bond donors (Lipinski definition) is 3. The van der Waals surface area contributed by atoms with Crippen molar-refractivity contribution in [3.8, 4) is 0 Å². The first-order valence-corrected chi connectivity index (χ1v) is 6.24. The van der Waals surface area contributed by atoms with Gasteiger partial charge in [0.2, 0.25) is 0 Å². The van der Waals surface area contributed by atoms with Crippen LogP contribution in [0, 0.1) is 0 Å². The van der Waals surface area contributed by atoms with Gasteiger partial charge in [-0.2, -0.15) is 0 Å². The van der Waals surface area contributed by atoms with Gasteiger partial charge in [-0.15, -0.1) is 0 Å². The number of carbonyl (C=O) groups is 2. The van der Waals surface area contributed by atoms with E-state index in [1.54, 1.807) is 36.4 Å². The van der Waals surface area contributed by atoms with Gasteiger partial charge in [0, 0.05) is 0 Å². The lowest BCUT2D eigenvalue weighted by Gasteiger charge is -1.97. The van der Waals surface area contributed by atoms with Gasteiger partial charge in [0.1, 0.15) is 17.3 Å². The molecule has 0 unspecified atom stereocenters. The number of nitrogens with zero attached hydrogens (tertiary/aromatic N) is 2. The number of methoxy groups -OCH3 is 1. The van der Waals surface area contributed by atoms with E-state index in [9.17, 15) is 9.59 Å². The summed E-state index contributed by atoms with van der Waals surface area (Å²) in [7, 11) is 1.30. The minimum Gasteiger partial charge on any atom is -0.464 e. The lowest BCUT2D eigenvalue weighted by Crippen LogP contribution is -2.15. The molecule has 22 heavy (non-hydrogen) atoms. The molecule has 0 spiro atoms. The van der Waals surface area contributed by atoms with E-state index in [-0.39, 0.29) is 18.0 Å². The first-order chi connectivity index (χ1) is 10.5. The van der Waals surface area contributed by atoms with Gasteiger partial charge in [0.25, 0.3) is 0 Å². The first kappa shape index (κ1) is 17.1. The summed E-state index contributed by atoms with van der Waals surface area (Å²) in [6.45, 7) is -0.0313. The van der Waals surface area contributed by atoms with Crippen molar-refractivity contribution in [1.29, 1.82) is 0 Å². The highest BCUT2D eigenvalue weighted by molar-refractivity contribution is 5.95. The summed E-state index contributed by atoms with van der Waals surface area (Å²) in [6, 6.07) is 9.67. The van der Waals surface area contributed by atoms with Crippen molar-refractivity contribution in [3.05, 3.63) is 47.8 Å². The number of nitrogen functional groups attached to an aromatic ring is 2. The molecule has 0 atom stereocenters. The van der Waals surface area contributed by atoms with Crippen LogP contribution in [-0.2, 0) is 4.74 Å². The number of anilines is 2. The smallest absolute Gasteiger partial charge is 0.356 e. The SMILES string of the molecule is COC(=O)c1cccc(N)n1.NCC(=O)c1cccc(N)n1. The van der Waals surface area contributed by atoms with Crippen LogP contribution in [0.15, 0.2) is 36.4 Å². The Bertz CT molecular complexity index is 603. The Morgan fingerprint density at radius 3 is 1.95 bits per heavy atom. The molecule has 0 amide bonds. The molecule has 2 aromatic rings. The number of pyridine rings is 2. The fourth-order valence-corrected chi connectivity index (χ4v) is 1.38. The van der Waals surface area contributed by atoms with E-state index in [1.807, 2.05) is 0 Å². The molecule has 8 nitrogen and oxygen atoms in total. The lowest BCUT2D eigenvalue weighted by atomic mass is 10.2. The fourth-order valence-electron chi connectivity index (χ4n) is 1.38.